The predicted molar refractivity (Wildman–Crippen MR) is 121 cm³/mol. The number of anilines is 1. The summed E-state index contributed by atoms with van der Waals surface area (Å²) in [5.41, 5.74) is 4.13. The normalized spacial score (nSPS) is 16.4. The van der Waals surface area contributed by atoms with E-state index in [-0.39, 0.29) is 12.0 Å². The smallest absolute Gasteiger partial charge is 0.260 e. The molecule has 3 heterocycles. The average molecular weight is 440 g/mol. The van der Waals surface area contributed by atoms with Crippen LogP contribution < -0.4 is 9.64 Å². The number of aromatic nitrogens is 2. The number of carbonyl (C=O) groups is 1. The molecule has 1 aliphatic heterocycles. The van der Waals surface area contributed by atoms with Crippen LogP contribution in [0.15, 0.2) is 41.9 Å². The average Bonchev–Trinajstić information content (AvgIpc) is 3.51. The molecule has 1 fully saturated rings. The van der Waals surface area contributed by atoms with Crippen LogP contribution in [0.3, 0.4) is 0 Å². The third-order valence-corrected chi connectivity index (χ3v) is 6.97. The second-order valence-electron chi connectivity index (χ2n) is 7.12. The summed E-state index contributed by atoms with van der Waals surface area (Å²) in [6.45, 7) is 3.76. The highest BCUT2D eigenvalue weighted by atomic mass is 32.1. The second-order valence-corrected chi connectivity index (χ2v) is 9.01. The van der Waals surface area contributed by atoms with Crippen LogP contribution in [0.5, 0.6) is 5.75 Å². The fourth-order valence-corrected chi connectivity index (χ4v) is 5.39. The van der Waals surface area contributed by atoms with Crippen LogP contribution in [0.4, 0.5) is 5.13 Å². The van der Waals surface area contributed by atoms with E-state index in [1.807, 2.05) is 43.3 Å². The number of ether oxygens (including phenoxy) is 2. The number of nitrogens with zero attached hydrogens (tertiary/aromatic N) is 3. The van der Waals surface area contributed by atoms with Gasteiger partial charge in [-0.15, -0.1) is 11.3 Å². The van der Waals surface area contributed by atoms with Crippen molar-refractivity contribution in [2.75, 3.05) is 24.7 Å². The molecular formula is C22H21N3O3S2. The van der Waals surface area contributed by atoms with Crippen molar-refractivity contribution in [3.63, 3.8) is 0 Å². The summed E-state index contributed by atoms with van der Waals surface area (Å²) in [4.78, 5) is 24.5. The van der Waals surface area contributed by atoms with Crippen LogP contribution in [-0.4, -0.2) is 41.7 Å². The lowest BCUT2D eigenvalue weighted by Gasteiger charge is -2.23. The maximum atomic E-state index is 13.6. The molecule has 1 saturated heterocycles. The van der Waals surface area contributed by atoms with Gasteiger partial charge in [-0.3, -0.25) is 9.69 Å². The van der Waals surface area contributed by atoms with Crippen molar-refractivity contribution in [3.05, 3.63) is 47.5 Å². The van der Waals surface area contributed by atoms with Crippen molar-refractivity contribution in [1.29, 1.82) is 0 Å². The summed E-state index contributed by atoms with van der Waals surface area (Å²) in [5.74, 6) is 0.672. The zero-order valence-electron chi connectivity index (χ0n) is 16.5. The van der Waals surface area contributed by atoms with E-state index >= 15 is 0 Å². The zero-order chi connectivity index (χ0) is 20.5. The number of rotatable bonds is 6. The molecule has 8 heteroatoms. The molecule has 2 aromatic carbocycles. The Morgan fingerprint density at radius 3 is 3.07 bits per heavy atom. The van der Waals surface area contributed by atoms with Crippen LogP contribution in [0.2, 0.25) is 0 Å². The Kier molecular flexibility index (Phi) is 5.37. The summed E-state index contributed by atoms with van der Waals surface area (Å²) < 4.78 is 13.6. The van der Waals surface area contributed by atoms with Gasteiger partial charge in [0, 0.05) is 12.2 Å². The lowest BCUT2D eigenvalue weighted by atomic mass is 10.1. The van der Waals surface area contributed by atoms with Gasteiger partial charge in [-0.1, -0.05) is 17.4 Å². The van der Waals surface area contributed by atoms with Crippen molar-refractivity contribution in [3.8, 4) is 5.75 Å². The van der Waals surface area contributed by atoms with Crippen LogP contribution in [0.25, 0.3) is 20.4 Å². The zero-order valence-corrected chi connectivity index (χ0v) is 18.2. The first-order valence-electron chi connectivity index (χ1n) is 10.0. The minimum atomic E-state index is -0.0715. The minimum Gasteiger partial charge on any atom is -0.492 e. The third-order valence-electron chi connectivity index (χ3n) is 5.13. The van der Waals surface area contributed by atoms with Gasteiger partial charge in [0.2, 0.25) is 0 Å². The number of fused-ring (bicyclic) bond motifs is 2. The van der Waals surface area contributed by atoms with E-state index in [4.69, 9.17) is 14.5 Å². The van der Waals surface area contributed by atoms with Gasteiger partial charge in [0.15, 0.2) is 5.13 Å². The van der Waals surface area contributed by atoms with Crippen molar-refractivity contribution in [2.24, 2.45) is 0 Å². The van der Waals surface area contributed by atoms with Gasteiger partial charge >= 0.3 is 0 Å². The number of hydrogen-bond donors (Lipinski definition) is 0. The fraction of sp³-hybridized carbons (Fsp3) is 0.318. The van der Waals surface area contributed by atoms with Gasteiger partial charge in [0.05, 0.1) is 39.7 Å². The first-order valence-corrected chi connectivity index (χ1v) is 11.7. The van der Waals surface area contributed by atoms with Crippen molar-refractivity contribution < 1.29 is 14.3 Å². The number of carbonyl (C=O) groups excluding carboxylic acids is 1. The molecule has 0 spiro atoms. The molecule has 1 unspecified atom stereocenters. The van der Waals surface area contributed by atoms with Gasteiger partial charge in [0.25, 0.3) is 5.91 Å². The van der Waals surface area contributed by atoms with Crippen LogP contribution >= 0.6 is 22.7 Å². The van der Waals surface area contributed by atoms with Gasteiger partial charge in [0.1, 0.15) is 11.3 Å². The van der Waals surface area contributed by atoms with Crippen molar-refractivity contribution >= 4 is 54.1 Å². The molecule has 5 rings (SSSR count). The molecule has 4 aromatic rings. The predicted octanol–water partition coefficient (Wildman–Crippen LogP) is 5.13. The molecule has 0 aliphatic carbocycles. The van der Waals surface area contributed by atoms with Gasteiger partial charge < -0.3 is 9.47 Å². The van der Waals surface area contributed by atoms with Crippen LogP contribution in [-0.2, 0) is 4.74 Å². The molecular weight excluding hydrogens is 418 g/mol. The summed E-state index contributed by atoms with van der Waals surface area (Å²) in [6, 6.07) is 11.5. The highest BCUT2D eigenvalue weighted by Crippen LogP contribution is 2.35. The van der Waals surface area contributed by atoms with E-state index in [1.54, 1.807) is 10.4 Å². The van der Waals surface area contributed by atoms with Crippen LogP contribution in [0, 0.1) is 0 Å². The molecule has 0 saturated carbocycles. The van der Waals surface area contributed by atoms with Gasteiger partial charge in [-0.05, 0) is 50.1 Å². The minimum absolute atomic E-state index is 0.0273. The second kappa shape index (κ2) is 8.29. The Bertz CT molecular complexity index is 1200. The highest BCUT2D eigenvalue weighted by molar-refractivity contribution is 7.22. The quantitative estimate of drug-likeness (QED) is 0.417. The molecule has 1 atom stereocenters. The van der Waals surface area contributed by atoms with E-state index in [9.17, 15) is 4.79 Å². The molecule has 2 aromatic heterocycles. The molecule has 0 radical (unpaired) electrons. The maximum absolute atomic E-state index is 13.6. The van der Waals surface area contributed by atoms with Gasteiger partial charge in [-0.25, -0.2) is 9.97 Å². The molecule has 6 nitrogen and oxygen atoms in total. The molecule has 30 heavy (non-hydrogen) atoms. The highest BCUT2D eigenvalue weighted by Gasteiger charge is 2.27. The molecule has 1 amide bonds. The number of hydrogen-bond acceptors (Lipinski definition) is 7. The van der Waals surface area contributed by atoms with E-state index in [0.717, 1.165) is 45.6 Å². The maximum Gasteiger partial charge on any atom is 0.260 e. The lowest BCUT2D eigenvalue weighted by Crippen LogP contribution is -2.37. The number of amides is 1. The summed E-state index contributed by atoms with van der Waals surface area (Å²) in [5, 5.41) is 0.669. The Hall–Kier alpha value is -2.55. The Balaban J connectivity index is 1.55. The third kappa shape index (κ3) is 3.66. The van der Waals surface area contributed by atoms with E-state index < -0.39 is 0 Å². The topological polar surface area (TPSA) is 64.6 Å². The van der Waals surface area contributed by atoms with Crippen molar-refractivity contribution in [2.45, 2.75) is 25.9 Å². The monoisotopic (exact) mass is 439 g/mol. The Labute approximate surface area is 182 Å². The van der Waals surface area contributed by atoms with E-state index in [0.29, 0.717) is 23.8 Å². The molecule has 0 N–H and O–H groups in total. The summed E-state index contributed by atoms with van der Waals surface area (Å²) >= 11 is 3.04. The molecule has 0 bridgehead atoms. The SMILES string of the molecule is CCOc1cccc2sc(N(CC3CCCO3)C(=O)c3ccc4ncsc4c3)nc12. The number of thiazole rings is 2. The van der Waals surface area contributed by atoms with E-state index in [1.165, 1.54) is 22.7 Å². The standard InChI is InChI=1S/C22H21N3O3S2/c1-2-27-17-6-3-7-18-20(17)24-22(30-18)25(12-15-5-4-10-28-15)21(26)14-8-9-16-19(11-14)29-13-23-16/h3,6-9,11,13,15H,2,4-5,10,12H2,1H3. The number of benzene rings is 2. The molecule has 1 aliphatic rings. The van der Waals surface area contributed by atoms with Crippen LogP contribution in [0.1, 0.15) is 30.1 Å². The fourth-order valence-electron chi connectivity index (χ4n) is 3.68. The Morgan fingerprint density at radius 2 is 2.23 bits per heavy atom. The molecule has 154 valence electrons. The van der Waals surface area contributed by atoms with E-state index in [2.05, 4.69) is 4.98 Å². The summed E-state index contributed by atoms with van der Waals surface area (Å²) in [7, 11) is 0. The van der Waals surface area contributed by atoms with Crippen molar-refractivity contribution in [1.82, 2.24) is 9.97 Å². The largest absolute Gasteiger partial charge is 0.492 e. The van der Waals surface area contributed by atoms with Gasteiger partial charge in [-0.2, -0.15) is 0 Å². The number of para-hydroxylation sites is 1. The summed E-state index contributed by atoms with van der Waals surface area (Å²) in [6.07, 6.45) is 2.00. The first-order chi connectivity index (χ1) is 14.7. The first kappa shape index (κ1) is 19.4. The Morgan fingerprint density at radius 1 is 1.30 bits per heavy atom. The lowest BCUT2D eigenvalue weighted by molar-refractivity contribution is 0.0917.